The van der Waals surface area contributed by atoms with E-state index in [0.29, 0.717) is 25.4 Å². The first kappa shape index (κ1) is 23.2. The Bertz CT molecular complexity index is 969. The molecule has 0 radical (unpaired) electrons. The highest BCUT2D eigenvalue weighted by molar-refractivity contribution is 7.91. The fourth-order valence-electron chi connectivity index (χ4n) is 4.49. The molecule has 1 aromatic rings. The SMILES string of the molecule is O=C1CCC(CCCCCC2(CS(=O)(=O)c3ccc(F)c(OCC4CC4)c3)CC2)C(=O)N1. The Morgan fingerprint density at radius 2 is 1.88 bits per heavy atom. The van der Waals surface area contributed by atoms with Gasteiger partial charge in [0.2, 0.25) is 11.8 Å². The van der Waals surface area contributed by atoms with E-state index >= 15 is 0 Å². The predicted molar refractivity (Wildman–Crippen MR) is 117 cm³/mol. The Balaban J connectivity index is 1.24. The van der Waals surface area contributed by atoms with Gasteiger partial charge in [-0.1, -0.05) is 19.3 Å². The van der Waals surface area contributed by atoms with Gasteiger partial charge in [0.25, 0.3) is 0 Å². The summed E-state index contributed by atoms with van der Waals surface area (Å²) in [5.41, 5.74) is -0.184. The average Bonchev–Trinajstić information content (AvgIpc) is 3.66. The van der Waals surface area contributed by atoms with Crippen molar-refractivity contribution in [3.63, 3.8) is 0 Å². The molecule has 1 heterocycles. The zero-order valence-corrected chi connectivity index (χ0v) is 19.2. The molecular formula is C24H32FNO5S. The molecule has 6 nitrogen and oxygen atoms in total. The van der Waals surface area contributed by atoms with E-state index < -0.39 is 15.7 Å². The second-order valence-electron chi connectivity index (χ2n) is 9.85. The number of carbonyl (C=O) groups excluding carboxylic acids is 2. The maximum atomic E-state index is 14.0. The van der Waals surface area contributed by atoms with E-state index in [2.05, 4.69) is 5.32 Å². The molecule has 2 aliphatic carbocycles. The summed E-state index contributed by atoms with van der Waals surface area (Å²) in [5, 5.41) is 2.39. The maximum Gasteiger partial charge on any atom is 0.229 e. The Kier molecular flexibility index (Phi) is 6.89. The molecule has 3 aliphatic rings. The van der Waals surface area contributed by atoms with Crippen molar-refractivity contribution in [2.24, 2.45) is 17.3 Å². The number of ether oxygens (including phenoxy) is 1. The van der Waals surface area contributed by atoms with E-state index in [9.17, 15) is 22.4 Å². The Hall–Kier alpha value is -1.96. The quantitative estimate of drug-likeness (QED) is 0.284. The van der Waals surface area contributed by atoms with Crippen LogP contribution in [0.15, 0.2) is 23.1 Å². The molecule has 176 valence electrons. The summed E-state index contributed by atoms with van der Waals surface area (Å²) in [4.78, 5) is 23.2. The number of halogens is 1. The van der Waals surface area contributed by atoms with Crippen LogP contribution >= 0.6 is 0 Å². The second kappa shape index (κ2) is 9.49. The standard InChI is InChI=1S/C24H32FNO5S/c25-20-9-8-19(14-21(20)31-15-17-5-6-17)32(29,30)16-24(12-13-24)11-3-1-2-4-18-7-10-22(27)26-23(18)28/h8-9,14,17-18H,1-7,10-13,15-16H2,(H,26,27,28). The molecule has 1 N–H and O–H groups in total. The number of rotatable bonds is 12. The van der Waals surface area contributed by atoms with Crippen molar-refractivity contribution >= 4 is 21.7 Å². The van der Waals surface area contributed by atoms with Gasteiger partial charge in [0.1, 0.15) is 0 Å². The number of carbonyl (C=O) groups is 2. The molecule has 0 spiro atoms. The molecule has 2 saturated carbocycles. The molecule has 0 aromatic heterocycles. The van der Waals surface area contributed by atoms with Crippen LogP contribution in [-0.2, 0) is 19.4 Å². The van der Waals surface area contributed by atoms with Crippen molar-refractivity contribution in [3.05, 3.63) is 24.0 Å². The lowest BCUT2D eigenvalue weighted by Gasteiger charge is -2.20. The molecule has 4 rings (SSSR count). The molecule has 8 heteroatoms. The van der Waals surface area contributed by atoms with E-state index in [0.717, 1.165) is 57.8 Å². The zero-order chi connectivity index (χ0) is 22.8. The fourth-order valence-corrected chi connectivity index (χ4v) is 6.46. The smallest absolute Gasteiger partial charge is 0.229 e. The lowest BCUT2D eigenvalue weighted by atomic mass is 9.91. The highest BCUT2D eigenvalue weighted by Gasteiger charge is 2.45. The first-order valence-electron chi connectivity index (χ1n) is 11.8. The topological polar surface area (TPSA) is 89.5 Å². The van der Waals surface area contributed by atoms with Crippen LogP contribution in [0.2, 0.25) is 0 Å². The van der Waals surface area contributed by atoms with Gasteiger partial charge in [-0.05, 0) is 68.4 Å². The number of amides is 2. The second-order valence-corrected chi connectivity index (χ2v) is 11.8. The number of unbranched alkanes of at least 4 members (excludes halogenated alkanes) is 2. The van der Waals surface area contributed by atoms with Crippen LogP contribution < -0.4 is 10.1 Å². The van der Waals surface area contributed by atoms with Gasteiger partial charge >= 0.3 is 0 Å². The minimum atomic E-state index is -3.52. The summed E-state index contributed by atoms with van der Waals surface area (Å²) in [6, 6.07) is 3.86. The minimum absolute atomic E-state index is 0.0243. The third-order valence-corrected chi connectivity index (χ3v) is 8.96. The van der Waals surface area contributed by atoms with Gasteiger partial charge in [-0.25, -0.2) is 12.8 Å². The van der Waals surface area contributed by atoms with Crippen LogP contribution in [0.3, 0.4) is 0 Å². The van der Waals surface area contributed by atoms with Crippen molar-refractivity contribution < 1.29 is 27.1 Å². The largest absolute Gasteiger partial charge is 0.490 e. The number of sulfone groups is 1. The minimum Gasteiger partial charge on any atom is -0.490 e. The highest BCUT2D eigenvalue weighted by atomic mass is 32.2. The van der Waals surface area contributed by atoms with Crippen LogP contribution in [0.4, 0.5) is 4.39 Å². The third-order valence-electron chi connectivity index (χ3n) is 7.00. The fraction of sp³-hybridized carbons (Fsp3) is 0.667. The summed E-state index contributed by atoms with van der Waals surface area (Å²) < 4.78 is 45.6. The molecule has 1 atom stereocenters. The van der Waals surface area contributed by atoms with Crippen molar-refractivity contribution in [2.75, 3.05) is 12.4 Å². The van der Waals surface area contributed by atoms with E-state index in [-0.39, 0.29) is 39.5 Å². The molecule has 1 aliphatic heterocycles. The van der Waals surface area contributed by atoms with Crippen LogP contribution in [-0.4, -0.2) is 32.6 Å². The van der Waals surface area contributed by atoms with Gasteiger partial charge in [0, 0.05) is 18.4 Å². The molecule has 1 aromatic carbocycles. The third kappa shape index (κ3) is 6.09. The number of imide groups is 1. The van der Waals surface area contributed by atoms with Gasteiger partial charge in [-0.15, -0.1) is 0 Å². The first-order chi connectivity index (χ1) is 15.3. The van der Waals surface area contributed by atoms with Crippen LogP contribution in [0.1, 0.15) is 70.6 Å². The molecule has 1 unspecified atom stereocenters. The van der Waals surface area contributed by atoms with E-state index in [1.54, 1.807) is 0 Å². The molecule has 1 saturated heterocycles. The van der Waals surface area contributed by atoms with Crippen LogP contribution in [0, 0.1) is 23.1 Å². The first-order valence-corrected chi connectivity index (χ1v) is 13.4. The monoisotopic (exact) mass is 465 g/mol. The van der Waals surface area contributed by atoms with Gasteiger partial charge in [-0.2, -0.15) is 0 Å². The predicted octanol–water partition coefficient (Wildman–Crippen LogP) is 4.17. The zero-order valence-electron chi connectivity index (χ0n) is 18.4. The van der Waals surface area contributed by atoms with Crippen molar-refractivity contribution in [3.8, 4) is 5.75 Å². The van der Waals surface area contributed by atoms with Gasteiger partial charge in [0.05, 0.1) is 17.3 Å². The summed E-state index contributed by atoms with van der Waals surface area (Å²) in [6.45, 7) is 0.434. The van der Waals surface area contributed by atoms with Crippen LogP contribution in [0.5, 0.6) is 5.75 Å². The highest BCUT2D eigenvalue weighted by Crippen LogP contribution is 2.51. The van der Waals surface area contributed by atoms with E-state index in [1.165, 1.54) is 18.2 Å². The number of hydrogen-bond donors (Lipinski definition) is 1. The molecule has 3 fully saturated rings. The Morgan fingerprint density at radius 3 is 2.56 bits per heavy atom. The van der Waals surface area contributed by atoms with E-state index in [1.807, 2.05) is 0 Å². The summed E-state index contributed by atoms with van der Waals surface area (Å²) in [6.07, 6.45) is 9.34. The average molecular weight is 466 g/mol. The lowest BCUT2D eigenvalue weighted by Crippen LogP contribution is -2.40. The van der Waals surface area contributed by atoms with Crippen molar-refractivity contribution in [1.29, 1.82) is 0 Å². The summed E-state index contributed by atoms with van der Waals surface area (Å²) >= 11 is 0. The van der Waals surface area contributed by atoms with Gasteiger partial charge in [-0.3, -0.25) is 14.9 Å². The Labute approximate surface area is 189 Å². The number of benzene rings is 1. The maximum absolute atomic E-state index is 14.0. The van der Waals surface area contributed by atoms with Gasteiger partial charge < -0.3 is 4.74 Å². The van der Waals surface area contributed by atoms with Gasteiger partial charge in [0.15, 0.2) is 21.4 Å². The van der Waals surface area contributed by atoms with Crippen molar-refractivity contribution in [2.45, 2.75) is 75.5 Å². The van der Waals surface area contributed by atoms with Crippen LogP contribution in [0.25, 0.3) is 0 Å². The normalized spacial score (nSPS) is 22.5. The number of piperidine rings is 1. The molecule has 2 amide bonds. The summed E-state index contributed by atoms with van der Waals surface area (Å²) in [5.74, 6) is -0.396. The Morgan fingerprint density at radius 1 is 1.09 bits per heavy atom. The van der Waals surface area contributed by atoms with Crippen molar-refractivity contribution in [1.82, 2.24) is 5.32 Å². The molecule has 32 heavy (non-hydrogen) atoms. The number of nitrogens with one attached hydrogen (secondary N) is 1. The lowest BCUT2D eigenvalue weighted by molar-refractivity contribution is -0.136. The summed E-state index contributed by atoms with van der Waals surface area (Å²) in [7, 11) is -3.52. The molecule has 0 bridgehead atoms. The number of hydrogen-bond acceptors (Lipinski definition) is 5. The van der Waals surface area contributed by atoms with E-state index in [4.69, 9.17) is 4.74 Å². The molecular weight excluding hydrogens is 433 g/mol.